The molecule has 0 aromatic heterocycles. The van der Waals surface area contributed by atoms with Gasteiger partial charge in [0, 0.05) is 36.7 Å². The van der Waals surface area contributed by atoms with Gasteiger partial charge in [0.15, 0.2) is 0 Å². The van der Waals surface area contributed by atoms with Crippen molar-refractivity contribution in [1.29, 1.82) is 0 Å². The minimum absolute atomic E-state index is 0.0541. The van der Waals surface area contributed by atoms with Crippen molar-refractivity contribution in [3.8, 4) is 0 Å². The van der Waals surface area contributed by atoms with Crippen LogP contribution in [0, 0.1) is 6.92 Å². The Labute approximate surface area is 146 Å². The summed E-state index contributed by atoms with van der Waals surface area (Å²) < 4.78 is 27.7. The average molecular weight is 401 g/mol. The predicted molar refractivity (Wildman–Crippen MR) is 93.6 cm³/mol. The fraction of sp³-hybridized carbons (Fsp3) is 0.438. The number of rotatable bonds is 3. The van der Waals surface area contributed by atoms with Gasteiger partial charge in [-0.1, -0.05) is 21.5 Å². The number of allylic oxidation sites excluding steroid dienone is 1. The van der Waals surface area contributed by atoms with Crippen LogP contribution in [0.2, 0.25) is 0 Å². The molecule has 1 aromatic carbocycles. The van der Waals surface area contributed by atoms with Crippen LogP contribution in [-0.4, -0.2) is 49.7 Å². The summed E-state index contributed by atoms with van der Waals surface area (Å²) in [6.45, 7) is 7.07. The molecule has 0 spiro atoms. The van der Waals surface area contributed by atoms with Crippen molar-refractivity contribution in [2.45, 2.75) is 25.7 Å². The molecule has 0 aliphatic carbocycles. The van der Waals surface area contributed by atoms with Crippen molar-refractivity contribution in [3.05, 3.63) is 39.9 Å². The lowest BCUT2D eigenvalue weighted by Gasteiger charge is -2.33. The van der Waals surface area contributed by atoms with Gasteiger partial charge in [0.05, 0.1) is 4.90 Å². The first-order valence-corrected chi connectivity index (χ1v) is 9.65. The summed E-state index contributed by atoms with van der Waals surface area (Å²) in [4.78, 5) is 14.0. The number of carbonyl (C=O) groups excluding carboxylic acids is 1. The van der Waals surface area contributed by atoms with Gasteiger partial charge in [-0.3, -0.25) is 4.79 Å². The highest BCUT2D eigenvalue weighted by Gasteiger charge is 2.29. The molecule has 0 atom stereocenters. The summed E-state index contributed by atoms with van der Waals surface area (Å²) in [7, 11) is -3.51. The monoisotopic (exact) mass is 400 g/mol. The molecule has 2 rings (SSSR count). The number of carbonyl (C=O) groups is 1. The smallest absolute Gasteiger partial charge is 0.246 e. The highest BCUT2D eigenvalue weighted by atomic mass is 79.9. The molecule has 1 heterocycles. The maximum Gasteiger partial charge on any atom is 0.246 e. The molecule has 0 bridgehead atoms. The SMILES string of the molecule is CC(C)=CC(=O)N1CCN(S(=O)(=O)c2ccc(Br)c(C)c2)CC1. The normalized spacial score (nSPS) is 16.3. The molecule has 0 N–H and O–H groups in total. The first kappa shape index (κ1) is 18.2. The molecule has 0 saturated carbocycles. The molecule has 1 aliphatic heterocycles. The van der Waals surface area contributed by atoms with Crippen LogP contribution in [0.15, 0.2) is 39.2 Å². The van der Waals surface area contributed by atoms with Crippen molar-refractivity contribution >= 4 is 31.9 Å². The van der Waals surface area contributed by atoms with E-state index in [0.717, 1.165) is 15.6 Å². The third kappa shape index (κ3) is 4.22. The van der Waals surface area contributed by atoms with E-state index >= 15 is 0 Å². The second kappa shape index (κ2) is 7.15. The quantitative estimate of drug-likeness (QED) is 0.732. The van der Waals surface area contributed by atoms with Gasteiger partial charge >= 0.3 is 0 Å². The zero-order valence-electron chi connectivity index (χ0n) is 13.5. The van der Waals surface area contributed by atoms with Gasteiger partial charge in [0.1, 0.15) is 0 Å². The first-order chi connectivity index (χ1) is 10.7. The molecule has 7 heteroatoms. The minimum atomic E-state index is -3.51. The number of amides is 1. The molecule has 1 fully saturated rings. The zero-order valence-corrected chi connectivity index (χ0v) is 15.9. The number of piperazine rings is 1. The third-order valence-electron chi connectivity index (χ3n) is 3.73. The summed E-state index contributed by atoms with van der Waals surface area (Å²) in [5.41, 5.74) is 1.82. The summed E-state index contributed by atoms with van der Waals surface area (Å²) in [5.74, 6) is -0.0541. The topological polar surface area (TPSA) is 57.7 Å². The van der Waals surface area contributed by atoms with Crippen LogP contribution in [0.4, 0.5) is 0 Å². The molecule has 5 nitrogen and oxygen atoms in total. The fourth-order valence-corrected chi connectivity index (χ4v) is 4.17. The summed E-state index contributed by atoms with van der Waals surface area (Å²) in [6, 6.07) is 5.02. The Morgan fingerprint density at radius 3 is 2.30 bits per heavy atom. The van der Waals surface area contributed by atoms with Gasteiger partial charge in [0.25, 0.3) is 0 Å². The minimum Gasteiger partial charge on any atom is -0.337 e. The zero-order chi connectivity index (χ0) is 17.2. The van der Waals surface area contributed by atoms with Crippen LogP contribution in [-0.2, 0) is 14.8 Å². The summed E-state index contributed by atoms with van der Waals surface area (Å²) in [6.07, 6.45) is 1.59. The standard InChI is InChI=1S/C16H21BrN2O3S/c1-12(2)10-16(20)18-6-8-19(9-7-18)23(21,22)14-4-5-15(17)13(3)11-14/h4-5,10-11H,6-9H2,1-3H3. The Kier molecular flexibility index (Phi) is 5.65. The third-order valence-corrected chi connectivity index (χ3v) is 6.51. The van der Waals surface area contributed by atoms with E-state index < -0.39 is 10.0 Å². The maximum absolute atomic E-state index is 12.7. The van der Waals surface area contributed by atoms with Crippen molar-refractivity contribution in [3.63, 3.8) is 0 Å². The Hall–Kier alpha value is -1.18. The number of halogens is 1. The average Bonchev–Trinajstić information content (AvgIpc) is 2.49. The number of hydrogen-bond acceptors (Lipinski definition) is 3. The van der Waals surface area contributed by atoms with E-state index in [-0.39, 0.29) is 5.91 Å². The Balaban J connectivity index is 2.11. The molecule has 1 amide bonds. The second-order valence-corrected chi connectivity index (χ2v) is 8.65. The van der Waals surface area contributed by atoms with Crippen molar-refractivity contribution in [1.82, 2.24) is 9.21 Å². The van der Waals surface area contributed by atoms with Crippen LogP contribution in [0.1, 0.15) is 19.4 Å². The maximum atomic E-state index is 12.7. The van der Waals surface area contributed by atoms with E-state index in [1.807, 2.05) is 20.8 Å². The van der Waals surface area contributed by atoms with Gasteiger partial charge in [-0.25, -0.2) is 8.42 Å². The molecule has 0 radical (unpaired) electrons. The van der Waals surface area contributed by atoms with E-state index in [9.17, 15) is 13.2 Å². The van der Waals surface area contributed by atoms with E-state index in [1.165, 1.54) is 4.31 Å². The Morgan fingerprint density at radius 2 is 1.78 bits per heavy atom. The van der Waals surface area contributed by atoms with Gasteiger partial charge in [-0.15, -0.1) is 0 Å². The molecule has 0 unspecified atom stereocenters. The van der Waals surface area contributed by atoms with E-state index in [2.05, 4.69) is 15.9 Å². The fourth-order valence-electron chi connectivity index (χ4n) is 2.41. The van der Waals surface area contributed by atoms with Gasteiger partial charge in [-0.05, 0) is 44.5 Å². The molecule has 1 saturated heterocycles. The molecular formula is C16H21BrN2O3S. The van der Waals surface area contributed by atoms with Gasteiger partial charge < -0.3 is 4.90 Å². The van der Waals surface area contributed by atoms with Crippen LogP contribution >= 0.6 is 15.9 Å². The van der Waals surface area contributed by atoms with Gasteiger partial charge in [0.2, 0.25) is 15.9 Å². The lowest BCUT2D eigenvalue weighted by Crippen LogP contribution is -2.50. The lowest BCUT2D eigenvalue weighted by atomic mass is 10.2. The highest BCUT2D eigenvalue weighted by molar-refractivity contribution is 9.10. The number of nitrogens with zero attached hydrogens (tertiary/aromatic N) is 2. The van der Waals surface area contributed by atoms with E-state index in [4.69, 9.17) is 0 Å². The van der Waals surface area contributed by atoms with Crippen LogP contribution in [0.5, 0.6) is 0 Å². The van der Waals surface area contributed by atoms with Crippen LogP contribution in [0.3, 0.4) is 0 Å². The first-order valence-electron chi connectivity index (χ1n) is 7.42. The number of hydrogen-bond donors (Lipinski definition) is 0. The highest BCUT2D eigenvalue weighted by Crippen LogP contribution is 2.23. The second-order valence-electron chi connectivity index (χ2n) is 5.86. The van der Waals surface area contributed by atoms with Crippen molar-refractivity contribution in [2.24, 2.45) is 0 Å². The number of aryl methyl sites for hydroxylation is 1. The Morgan fingerprint density at radius 1 is 1.17 bits per heavy atom. The molecule has 1 aliphatic rings. The lowest BCUT2D eigenvalue weighted by molar-refractivity contribution is -0.127. The van der Waals surface area contributed by atoms with Crippen molar-refractivity contribution < 1.29 is 13.2 Å². The van der Waals surface area contributed by atoms with Crippen molar-refractivity contribution in [2.75, 3.05) is 26.2 Å². The number of sulfonamides is 1. The molecule has 23 heavy (non-hydrogen) atoms. The summed E-state index contributed by atoms with van der Waals surface area (Å²) in [5, 5.41) is 0. The Bertz CT molecular complexity index is 732. The molecule has 1 aromatic rings. The number of benzene rings is 1. The summed E-state index contributed by atoms with van der Waals surface area (Å²) >= 11 is 3.38. The predicted octanol–water partition coefficient (Wildman–Crippen LogP) is 2.56. The molecule has 126 valence electrons. The van der Waals surface area contributed by atoms with E-state index in [1.54, 1.807) is 29.2 Å². The van der Waals surface area contributed by atoms with Crippen LogP contribution < -0.4 is 0 Å². The largest absolute Gasteiger partial charge is 0.337 e. The van der Waals surface area contributed by atoms with Gasteiger partial charge in [-0.2, -0.15) is 4.31 Å². The molecular weight excluding hydrogens is 380 g/mol. The van der Waals surface area contributed by atoms with E-state index in [0.29, 0.717) is 31.1 Å². The van der Waals surface area contributed by atoms with Crippen LogP contribution in [0.25, 0.3) is 0 Å².